The Bertz CT molecular complexity index is 2960. The number of urea groups is 1. The Morgan fingerprint density at radius 3 is 2.03 bits per heavy atom. The first-order chi connectivity index (χ1) is 41.9. The SMILES string of the molecule is CCCCN1C(=O)C2C(/C=C\C3OC(/C=C/CCCCCN4CCN(C(=O)CCCCC5SCC6NC(=O)NC65)CC4)C4C(=O)N(CCOCCOCCNC(=O)c5ccnc(-c6cc(C)ccn6)c5)C(=O)C34)OC(/C=C/c3ccccc3)C2C1=O. The highest BCUT2D eigenvalue weighted by molar-refractivity contribution is 8.00. The van der Waals surface area contributed by atoms with E-state index in [0.29, 0.717) is 41.6 Å². The van der Waals surface area contributed by atoms with Crippen LogP contribution in [0.2, 0.25) is 0 Å². The van der Waals surface area contributed by atoms with Crippen LogP contribution in [-0.4, -0.2) is 197 Å². The number of carbonyl (C=O) groups is 7. The van der Waals surface area contributed by atoms with Crippen molar-refractivity contribution < 1.29 is 52.5 Å². The normalized spacial score (nSPS) is 27.3. The van der Waals surface area contributed by atoms with E-state index < -0.39 is 48.1 Å². The number of hydrogen-bond donors (Lipinski definition) is 3. The minimum atomic E-state index is -0.821. The molecular formula is C65H83N9O11S. The summed E-state index contributed by atoms with van der Waals surface area (Å²) in [6, 6.07) is 17.2. The number of carbonyl (C=O) groups excluding carboxylic acids is 7. The quantitative estimate of drug-likeness (QED) is 0.0301. The lowest BCUT2D eigenvalue weighted by atomic mass is 9.87. The fraction of sp³-hybridized carbons (Fsp3) is 0.554. The van der Waals surface area contributed by atoms with Gasteiger partial charge in [-0.2, -0.15) is 11.8 Å². The van der Waals surface area contributed by atoms with E-state index in [9.17, 15) is 33.6 Å². The summed E-state index contributed by atoms with van der Waals surface area (Å²) < 4.78 is 24.7. The number of unbranched alkanes of at least 4 members (excludes halogenated alkanes) is 5. The first-order valence-corrected chi connectivity index (χ1v) is 32.1. The molecule has 460 valence electrons. The fourth-order valence-electron chi connectivity index (χ4n) is 12.9. The molecule has 8 amide bonds. The molecule has 7 aliphatic rings. The molecule has 0 radical (unpaired) electrons. The van der Waals surface area contributed by atoms with Gasteiger partial charge in [-0.3, -0.25) is 53.4 Å². The van der Waals surface area contributed by atoms with Gasteiger partial charge in [0, 0.05) is 74.6 Å². The van der Waals surface area contributed by atoms with Gasteiger partial charge in [-0.15, -0.1) is 0 Å². The summed E-state index contributed by atoms with van der Waals surface area (Å²) in [5.41, 5.74) is 3.72. The molecule has 3 N–H and O–H groups in total. The maximum Gasteiger partial charge on any atom is 0.315 e. The zero-order valence-corrected chi connectivity index (χ0v) is 50.3. The Morgan fingerprint density at radius 1 is 0.686 bits per heavy atom. The molecule has 0 aliphatic carbocycles. The van der Waals surface area contributed by atoms with Crippen LogP contribution in [0.4, 0.5) is 4.79 Å². The Labute approximate surface area is 508 Å². The number of allylic oxidation sites excluding steroid dienone is 1. The molecule has 21 heteroatoms. The number of imide groups is 2. The molecule has 86 heavy (non-hydrogen) atoms. The first kappa shape index (κ1) is 62.4. The minimum absolute atomic E-state index is 0.0442. The maximum atomic E-state index is 14.4. The number of piperazine rings is 1. The van der Waals surface area contributed by atoms with Gasteiger partial charge in [0.2, 0.25) is 29.5 Å². The monoisotopic (exact) mass is 1200 g/mol. The summed E-state index contributed by atoms with van der Waals surface area (Å²) in [4.78, 5) is 110. The molecular weight excluding hydrogens is 1110 g/mol. The zero-order chi connectivity index (χ0) is 59.9. The predicted molar refractivity (Wildman–Crippen MR) is 325 cm³/mol. The second kappa shape index (κ2) is 30.3. The van der Waals surface area contributed by atoms with E-state index in [0.717, 1.165) is 101 Å². The molecule has 11 unspecified atom stereocenters. The minimum Gasteiger partial charge on any atom is -0.377 e. The van der Waals surface area contributed by atoms with Crippen LogP contribution in [0.5, 0.6) is 0 Å². The van der Waals surface area contributed by atoms with Gasteiger partial charge in [0.05, 0.1) is 105 Å². The molecule has 2 aromatic heterocycles. The van der Waals surface area contributed by atoms with Crippen molar-refractivity contribution >= 4 is 59.3 Å². The number of nitrogens with zero attached hydrogens (tertiary/aromatic N) is 6. The lowest BCUT2D eigenvalue weighted by molar-refractivity contribution is -0.145. The molecule has 7 aliphatic heterocycles. The van der Waals surface area contributed by atoms with E-state index in [1.165, 1.54) is 9.80 Å². The number of fused-ring (bicyclic) bond motifs is 3. The third-order valence-electron chi connectivity index (χ3n) is 17.6. The van der Waals surface area contributed by atoms with E-state index in [1.807, 2.05) is 97.3 Å². The van der Waals surface area contributed by atoms with Gasteiger partial charge in [0.15, 0.2) is 0 Å². The number of nitrogens with one attached hydrogen (secondary N) is 3. The fourth-order valence-corrected chi connectivity index (χ4v) is 14.4. The van der Waals surface area contributed by atoms with Gasteiger partial charge in [0.25, 0.3) is 5.91 Å². The summed E-state index contributed by atoms with van der Waals surface area (Å²) >= 11 is 1.91. The number of rotatable bonds is 30. The van der Waals surface area contributed by atoms with E-state index in [-0.39, 0.29) is 93.1 Å². The summed E-state index contributed by atoms with van der Waals surface area (Å²) in [6.07, 6.45) is 20.3. The van der Waals surface area contributed by atoms with Crippen LogP contribution in [0.3, 0.4) is 0 Å². The van der Waals surface area contributed by atoms with Crippen LogP contribution in [0.25, 0.3) is 17.5 Å². The van der Waals surface area contributed by atoms with Crippen molar-refractivity contribution in [3.05, 3.63) is 114 Å². The zero-order valence-electron chi connectivity index (χ0n) is 49.5. The number of thioether (sulfide) groups is 1. The Balaban J connectivity index is 0.692. The van der Waals surface area contributed by atoms with Crippen LogP contribution >= 0.6 is 11.8 Å². The molecule has 0 saturated carbocycles. The van der Waals surface area contributed by atoms with Gasteiger partial charge in [-0.1, -0.05) is 93.0 Å². The first-order valence-electron chi connectivity index (χ1n) is 31.1. The summed E-state index contributed by atoms with van der Waals surface area (Å²) in [5, 5.41) is 9.32. The smallest absolute Gasteiger partial charge is 0.315 e. The average molecular weight is 1200 g/mol. The van der Waals surface area contributed by atoms with Crippen LogP contribution in [0.15, 0.2) is 97.4 Å². The van der Waals surface area contributed by atoms with Gasteiger partial charge >= 0.3 is 6.03 Å². The van der Waals surface area contributed by atoms with Crippen LogP contribution in [0, 0.1) is 30.6 Å². The summed E-state index contributed by atoms with van der Waals surface area (Å²) in [7, 11) is 0. The standard InChI is InChI=1S/C65H83N9O11S/c1-3-4-30-73-61(77)56-50(21-20-44-15-9-8-10-16-44)85-52(58(56)62(73)78)23-22-51-57-55(63(79)74(64(57)80)35-37-83-39-38-82-36-28-68-60(76)45-25-27-67-47(41-45)46-40-43(2)24-26-66-46)49(84-51)17-11-6-5-7-14-29-71-31-33-72(34-32-71)54(75)19-13-12-18-53-59-48(42-86-53)69-65(81)70-59/h8-11,15-17,20-27,40-41,48-53,55-59H,3-7,12-14,18-19,28-39,42H2,1-2H3,(H,68,76)(H2,69,70,81)/b17-11+,21-20+,23-22-. The Hall–Kier alpha value is -6.62. The molecule has 10 rings (SSSR count). The van der Waals surface area contributed by atoms with Crippen LogP contribution in [0.1, 0.15) is 92.6 Å². The Morgan fingerprint density at radius 2 is 1.34 bits per heavy atom. The van der Waals surface area contributed by atoms with E-state index >= 15 is 0 Å². The number of amides is 8. The van der Waals surface area contributed by atoms with Crippen LogP contribution < -0.4 is 16.0 Å². The summed E-state index contributed by atoms with van der Waals surface area (Å²) in [5.74, 6) is -3.33. The molecule has 0 bridgehead atoms. The van der Waals surface area contributed by atoms with Crippen molar-refractivity contribution in [3.8, 4) is 11.4 Å². The molecule has 1 aromatic carbocycles. The number of likely N-dealkylation sites (tertiary alicyclic amines) is 2. The van der Waals surface area contributed by atoms with Crippen LogP contribution in [-0.2, 0) is 42.9 Å². The second-order valence-corrected chi connectivity index (χ2v) is 24.7. The van der Waals surface area contributed by atoms with E-state index in [2.05, 4.69) is 30.8 Å². The van der Waals surface area contributed by atoms with Crippen molar-refractivity contribution in [3.63, 3.8) is 0 Å². The number of benzene rings is 1. The van der Waals surface area contributed by atoms with E-state index in [1.54, 1.807) is 36.7 Å². The third-order valence-corrected chi connectivity index (χ3v) is 19.1. The van der Waals surface area contributed by atoms with Crippen molar-refractivity contribution in [2.24, 2.45) is 23.7 Å². The molecule has 7 fully saturated rings. The highest BCUT2D eigenvalue weighted by Gasteiger charge is 2.60. The lowest BCUT2D eigenvalue weighted by Crippen LogP contribution is -2.48. The highest BCUT2D eigenvalue weighted by atomic mass is 32.2. The maximum absolute atomic E-state index is 14.4. The molecule has 3 aromatic rings. The molecule has 9 heterocycles. The number of aromatic nitrogens is 2. The second-order valence-electron chi connectivity index (χ2n) is 23.4. The van der Waals surface area contributed by atoms with Crippen molar-refractivity contribution in [2.45, 2.75) is 120 Å². The van der Waals surface area contributed by atoms with Crippen molar-refractivity contribution in [2.75, 3.05) is 84.5 Å². The predicted octanol–water partition coefficient (Wildman–Crippen LogP) is 6.01. The number of hydrogen-bond acceptors (Lipinski definition) is 15. The highest BCUT2D eigenvalue weighted by Crippen LogP contribution is 2.45. The lowest BCUT2D eigenvalue weighted by Gasteiger charge is -2.34. The van der Waals surface area contributed by atoms with Crippen molar-refractivity contribution in [1.82, 2.24) is 45.5 Å². The molecule has 20 nitrogen and oxygen atoms in total. The topological polar surface area (TPSA) is 231 Å². The van der Waals surface area contributed by atoms with E-state index in [4.69, 9.17) is 18.9 Å². The number of pyridine rings is 2. The van der Waals surface area contributed by atoms with Gasteiger partial charge in [-0.25, -0.2) is 4.79 Å². The number of ether oxygens (including phenoxy) is 4. The molecule has 11 atom stereocenters. The molecule has 7 saturated heterocycles. The number of aryl methyl sites for hydroxylation is 1. The third kappa shape index (κ3) is 15.4. The van der Waals surface area contributed by atoms with Crippen molar-refractivity contribution in [1.29, 1.82) is 0 Å². The average Bonchev–Trinajstić information content (AvgIpc) is 1.73. The largest absolute Gasteiger partial charge is 0.377 e. The van der Waals surface area contributed by atoms with Gasteiger partial charge < -0.3 is 39.8 Å². The molecule has 0 spiro atoms. The van der Waals surface area contributed by atoms with Gasteiger partial charge in [-0.05, 0) is 87.4 Å². The summed E-state index contributed by atoms with van der Waals surface area (Å²) in [6.45, 7) is 9.59. The Kier molecular flexibility index (Phi) is 22.0. The van der Waals surface area contributed by atoms with Gasteiger partial charge in [0.1, 0.15) is 0 Å².